The molecular weight excluding hydrogens is 843 g/mol. The molecule has 0 spiro atoms. The minimum atomic E-state index is -5.18. The van der Waals surface area contributed by atoms with E-state index >= 15 is 0 Å². The molecule has 0 bridgehead atoms. The third-order valence-corrected chi connectivity index (χ3v) is 11.8. The number of phosphoric acid groups is 1. The summed E-state index contributed by atoms with van der Waals surface area (Å²) in [5, 5.41) is 50.2. The standard InChI is InChI=1S/C49H83O14P/c1-3-5-7-9-11-13-15-17-18-19-20-22-24-26-28-30-32-36-43(52)62-41(39-61-64(58,59)63-49-47(56)45(54)44(53)46(55)48(49)57)38-60-42(51)37-33-35-40(50)34-31-29-27-25-23-21-16-14-12-10-8-6-4-2/h12,14,17-18,21,23,27,29,31,34,41,44-49,53-57H,3-11,13,15-16,19-20,22,24-26,28,30,32-33,35-39H2,1-2H3,(H,58,59)/b14-12-,18-17-,23-21-,29-27-,34-31+/t41-,44?,45-,46+,47-,48-,49?/m1/s1. The molecule has 8 atom stereocenters. The van der Waals surface area contributed by atoms with Gasteiger partial charge in [-0.1, -0.05) is 146 Å². The van der Waals surface area contributed by atoms with Gasteiger partial charge in [0.15, 0.2) is 11.9 Å². The number of ketones is 1. The van der Waals surface area contributed by atoms with E-state index in [9.17, 15) is 49.4 Å². The van der Waals surface area contributed by atoms with Crippen LogP contribution in [-0.2, 0) is 37.5 Å². The topological polar surface area (TPSA) is 227 Å². The molecule has 64 heavy (non-hydrogen) atoms. The predicted octanol–water partition coefficient (Wildman–Crippen LogP) is 8.90. The number of hydrogen-bond donors (Lipinski definition) is 6. The monoisotopic (exact) mass is 927 g/mol. The molecule has 6 N–H and O–H groups in total. The van der Waals surface area contributed by atoms with Crippen molar-refractivity contribution in [1.29, 1.82) is 0 Å². The zero-order valence-electron chi connectivity index (χ0n) is 38.8. The zero-order chi connectivity index (χ0) is 47.3. The molecule has 0 aliphatic heterocycles. The molecular formula is C49H83O14P. The lowest BCUT2D eigenvalue weighted by atomic mass is 9.85. The van der Waals surface area contributed by atoms with Gasteiger partial charge in [-0.05, 0) is 70.3 Å². The molecule has 1 saturated carbocycles. The highest BCUT2D eigenvalue weighted by molar-refractivity contribution is 7.47. The SMILES string of the molecule is CCCCC/C=C\C/C=C\C/C=C\C=C\C(=O)CCCC(=O)OC[C@H](COP(=O)(O)OC1[C@H](O)[C@H](O)C(O)[C@H](O)[C@H]1O)OC(=O)CCCCCCCCC/C=C\CCCCCCCC. The number of rotatable bonds is 39. The van der Waals surface area contributed by atoms with Crippen molar-refractivity contribution in [1.82, 2.24) is 0 Å². The maximum atomic E-state index is 12.8. The summed E-state index contributed by atoms with van der Waals surface area (Å²) in [6.07, 6.45) is 29.8. The van der Waals surface area contributed by atoms with Crippen LogP contribution in [0.2, 0.25) is 0 Å². The van der Waals surface area contributed by atoms with Crippen LogP contribution in [0, 0.1) is 0 Å². The third-order valence-electron chi connectivity index (χ3n) is 10.8. The number of carbonyl (C=O) groups excluding carboxylic acids is 3. The second kappa shape index (κ2) is 38.3. The van der Waals surface area contributed by atoms with Gasteiger partial charge in [-0.15, -0.1) is 0 Å². The van der Waals surface area contributed by atoms with Crippen molar-refractivity contribution in [2.24, 2.45) is 0 Å². The normalized spacial score (nSPS) is 22.0. The number of esters is 2. The van der Waals surface area contributed by atoms with Crippen LogP contribution in [-0.4, -0.2) is 104 Å². The summed E-state index contributed by atoms with van der Waals surface area (Å²) in [6.45, 7) is 3.05. The molecule has 1 aliphatic rings. The molecule has 0 amide bonds. The van der Waals surface area contributed by atoms with Crippen LogP contribution in [0.3, 0.4) is 0 Å². The number of allylic oxidation sites excluding steroid dienone is 10. The molecule has 1 rings (SSSR count). The zero-order valence-corrected chi connectivity index (χ0v) is 39.7. The van der Waals surface area contributed by atoms with E-state index in [1.165, 1.54) is 63.9 Å². The Morgan fingerprint density at radius 3 is 1.61 bits per heavy atom. The highest BCUT2D eigenvalue weighted by Gasteiger charge is 2.51. The molecule has 0 heterocycles. The lowest BCUT2D eigenvalue weighted by Crippen LogP contribution is -2.64. The van der Waals surface area contributed by atoms with Gasteiger partial charge in [0.2, 0.25) is 0 Å². The summed E-state index contributed by atoms with van der Waals surface area (Å²) < 4.78 is 33.3. The van der Waals surface area contributed by atoms with Gasteiger partial charge in [0.05, 0.1) is 6.61 Å². The Morgan fingerprint density at radius 2 is 1.00 bits per heavy atom. The van der Waals surface area contributed by atoms with Crippen LogP contribution in [0.15, 0.2) is 60.8 Å². The van der Waals surface area contributed by atoms with Gasteiger partial charge < -0.3 is 39.9 Å². The second-order valence-electron chi connectivity index (χ2n) is 16.6. The number of aliphatic hydroxyl groups excluding tert-OH is 5. The van der Waals surface area contributed by atoms with E-state index in [0.717, 1.165) is 70.6 Å². The van der Waals surface area contributed by atoms with Crippen molar-refractivity contribution in [2.75, 3.05) is 13.2 Å². The van der Waals surface area contributed by atoms with Gasteiger partial charge in [0.25, 0.3) is 0 Å². The van der Waals surface area contributed by atoms with E-state index in [0.29, 0.717) is 6.42 Å². The first-order valence-corrected chi connectivity index (χ1v) is 25.5. The average Bonchev–Trinajstić information content (AvgIpc) is 3.27. The smallest absolute Gasteiger partial charge is 0.462 e. The molecule has 14 nitrogen and oxygen atoms in total. The summed E-state index contributed by atoms with van der Waals surface area (Å²) in [5.74, 6) is -1.54. The Morgan fingerprint density at radius 1 is 0.531 bits per heavy atom. The van der Waals surface area contributed by atoms with Gasteiger partial charge >= 0.3 is 19.8 Å². The predicted molar refractivity (Wildman–Crippen MR) is 249 cm³/mol. The number of ether oxygens (including phenoxy) is 2. The Hall–Kier alpha value is -2.78. The fourth-order valence-electron chi connectivity index (χ4n) is 6.88. The number of hydrogen-bond acceptors (Lipinski definition) is 13. The Labute approximate surface area is 383 Å². The van der Waals surface area contributed by atoms with E-state index in [1.54, 1.807) is 12.2 Å². The maximum absolute atomic E-state index is 12.8. The largest absolute Gasteiger partial charge is 0.472 e. The fourth-order valence-corrected chi connectivity index (χ4v) is 7.85. The Bertz CT molecular complexity index is 1410. The van der Waals surface area contributed by atoms with E-state index < -0.39 is 75.7 Å². The van der Waals surface area contributed by atoms with Gasteiger partial charge in [0.1, 0.15) is 43.2 Å². The van der Waals surface area contributed by atoms with Gasteiger partial charge in [0, 0.05) is 19.3 Å². The number of carbonyl (C=O) groups is 3. The van der Waals surface area contributed by atoms with Crippen LogP contribution in [0.4, 0.5) is 0 Å². The van der Waals surface area contributed by atoms with E-state index in [-0.39, 0.29) is 31.5 Å². The summed E-state index contributed by atoms with van der Waals surface area (Å²) >= 11 is 0. The summed E-state index contributed by atoms with van der Waals surface area (Å²) in [7, 11) is -5.18. The summed E-state index contributed by atoms with van der Waals surface area (Å²) in [4.78, 5) is 48.0. The Kier molecular flexibility index (Phi) is 35.5. The molecule has 3 unspecified atom stereocenters. The van der Waals surface area contributed by atoms with Crippen molar-refractivity contribution in [2.45, 2.75) is 217 Å². The lowest BCUT2D eigenvalue weighted by molar-refractivity contribution is -0.220. The van der Waals surface area contributed by atoms with Crippen molar-refractivity contribution in [3.8, 4) is 0 Å². The van der Waals surface area contributed by atoms with E-state index in [2.05, 4.69) is 50.3 Å². The Balaban J connectivity index is 2.53. The van der Waals surface area contributed by atoms with Crippen molar-refractivity contribution in [3.63, 3.8) is 0 Å². The molecule has 1 fully saturated rings. The van der Waals surface area contributed by atoms with Crippen LogP contribution in [0.5, 0.6) is 0 Å². The summed E-state index contributed by atoms with van der Waals surface area (Å²) in [5.41, 5.74) is 0. The third kappa shape index (κ3) is 30.4. The molecule has 15 heteroatoms. The second-order valence-corrected chi connectivity index (χ2v) is 18.0. The van der Waals surface area contributed by atoms with Crippen LogP contribution in [0.25, 0.3) is 0 Å². The van der Waals surface area contributed by atoms with Crippen LogP contribution in [0.1, 0.15) is 174 Å². The van der Waals surface area contributed by atoms with Crippen molar-refractivity contribution >= 4 is 25.5 Å². The minimum Gasteiger partial charge on any atom is -0.462 e. The maximum Gasteiger partial charge on any atom is 0.472 e. The summed E-state index contributed by atoms with van der Waals surface area (Å²) in [6, 6.07) is 0. The van der Waals surface area contributed by atoms with Crippen LogP contribution < -0.4 is 0 Å². The number of phosphoric ester groups is 1. The molecule has 0 saturated heterocycles. The van der Waals surface area contributed by atoms with E-state index in [1.807, 2.05) is 6.08 Å². The van der Waals surface area contributed by atoms with E-state index in [4.69, 9.17) is 18.5 Å². The highest BCUT2D eigenvalue weighted by Crippen LogP contribution is 2.47. The van der Waals surface area contributed by atoms with Gasteiger partial charge in [-0.25, -0.2) is 4.57 Å². The molecule has 0 radical (unpaired) electrons. The molecule has 0 aromatic heterocycles. The quantitative estimate of drug-likeness (QED) is 0.00846. The number of aliphatic hydroxyl groups is 5. The molecule has 368 valence electrons. The minimum absolute atomic E-state index is 0.0397. The lowest BCUT2D eigenvalue weighted by Gasteiger charge is -2.41. The number of unbranched alkanes of at least 4 members (excludes halogenated alkanes) is 16. The van der Waals surface area contributed by atoms with Crippen LogP contribution >= 0.6 is 7.82 Å². The van der Waals surface area contributed by atoms with Crippen molar-refractivity contribution in [3.05, 3.63) is 60.8 Å². The van der Waals surface area contributed by atoms with Gasteiger partial charge in [-0.3, -0.25) is 23.4 Å². The first kappa shape index (κ1) is 59.2. The first-order chi connectivity index (χ1) is 30.8. The molecule has 1 aliphatic carbocycles. The van der Waals surface area contributed by atoms with Crippen molar-refractivity contribution < 1.29 is 67.9 Å². The molecule has 0 aromatic rings. The molecule has 0 aromatic carbocycles. The fraction of sp³-hybridized carbons (Fsp3) is 0.735. The highest BCUT2D eigenvalue weighted by atomic mass is 31.2. The average molecular weight is 927 g/mol. The van der Waals surface area contributed by atoms with Gasteiger partial charge in [-0.2, -0.15) is 0 Å². The first-order valence-electron chi connectivity index (χ1n) is 24.0.